The van der Waals surface area contributed by atoms with Gasteiger partial charge in [-0.15, -0.1) is 0 Å². The van der Waals surface area contributed by atoms with Gasteiger partial charge in [0.05, 0.1) is 24.5 Å². The summed E-state index contributed by atoms with van der Waals surface area (Å²) in [7, 11) is 1.87. The molecule has 110 valence electrons. The van der Waals surface area contributed by atoms with Gasteiger partial charge in [0.2, 0.25) is 11.8 Å². The van der Waals surface area contributed by atoms with Gasteiger partial charge < -0.3 is 10.2 Å². The molecular formula is C14H22N4O2. The maximum atomic E-state index is 12.2. The first kappa shape index (κ1) is 14.6. The van der Waals surface area contributed by atoms with Gasteiger partial charge in [0, 0.05) is 7.05 Å². The topological polar surface area (TPSA) is 67.2 Å². The smallest absolute Gasteiger partial charge is 0.246 e. The summed E-state index contributed by atoms with van der Waals surface area (Å²) in [5, 5.41) is 7.06. The van der Waals surface area contributed by atoms with Gasteiger partial charge in [0.25, 0.3) is 0 Å². The van der Waals surface area contributed by atoms with E-state index in [1.54, 1.807) is 9.58 Å². The lowest BCUT2D eigenvalue weighted by Crippen LogP contribution is -2.65. The number of amides is 2. The molecule has 0 radical (unpaired) electrons. The van der Waals surface area contributed by atoms with Gasteiger partial charge in [0.15, 0.2) is 0 Å². The highest BCUT2D eigenvalue weighted by Gasteiger charge is 2.44. The molecule has 1 aromatic rings. The van der Waals surface area contributed by atoms with Crippen LogP contribution < -0.4 is 5.32 Å². The van der Waals surface area contributed by atoms with E-state index in [0.717, 1.165) is 17.8 Å². The van der Waals surface area contributed by atoms with Crippen LogP contribution in [-0.2, 0) is 29.6 Å². The minimum Gasteiger partial charge on any atom is -0.345 e. The van der Waals surface area contributed by atoms with Crippen molar-refractivity contribution in [1.29, 1.82) is 0 Å². The molecule has 1 aliphatic heterocycles. The first-order valence-electron chi connectivity index (χ1n) is 7.03. The third-order valence-corrected chi connectivity index (χ3v) is 4.18. The van der Waals surface area contributed by atoms with E-state index >= 15 is 0 Å². The zero-order chi connectivity index (χ0) is 14.9. The summed E-state index contributed by atoms with van der Waals surface area (Å²) in [4.78, 5) is 26.0. The van der Waals surface area contributed by atoms with Crippen LogP contribution in [-0.4, -0.2) is 38.6 Å². The Labute approximate surface area is 119 Å². The minimum absolute atomic E-state index is 0.0480. The average molecular weight is 278 g/mol. The highest BCUT2D eigenvalue weighted by atomic mass is 16.2. The van der Waals surface area contributed by atoms with Crippen LogP contribution in [0.15, 0.2) is 6.07 Å². The Morgan fingerprint density at radius 3 is 2.65 bits per heavy atom. The fourth-order valence-corrected chi connectivity index (χ4v) is 2.51. The van der Waals surface area contributed by atoms with E-state index in [1.165, 1.54) is 0 Å². The number of carbonyl (C=O) groups excluding carboxylic acids is 2. The van der Waals surface area contributed by atoms with Gasteiger partial charge in [-0.3, -0.25) is 14.3 Å². The molecule has 1 fully saturated rings. The molecule has 1 aliphatic rings. The lowest BCUT2D eigenvalue weighted by molar-refractivity contribution is -0.153. The Morgan fingerprint density at radius 2 is 2.10 bits per heavy atom. The Hall–Kier alpha value is -1.85. The van der Waals surface area contributed by atoms with Crippen molar-refractivity contribution in [3.8, 4) is 0 Å². The first-order chi connectivity index (χ1) is 9.42. The predicted octanol–water partition coefficient (Wildman–Crippen LogP) is 0.610. The number of aromatic nitrogens is 2. The molecule has 2 rings (SSSR count). The molecule has 0 spiro atoms. The quantitative estimate of drug-likeness (QED) is 0.877. The minimum atomic E-state index is -0.786. The molecule has 6 heteroatoms. The summed E-state index contributed by atoms with van der Waals surface area (Å²) < 4.78 is 1.79. The fraction of sp³-hybridized carbons (Fsp3) is 0.643. The normalized spacial score (nSPS) is 23.1. The van der Waals surface area contributed by atoms with Crippen molar-refractivity contribution < 1.29 is 9.59 Å². The molecule has 1 atom stereocenters. The number of piperazine rings is 1. The molecule has 0 bridgehead atoms. The van der Waals surface area contributed by atoms with Gasteiger partial charge in [-0.25, -0.2) is 0 Å². The second kappa shape index (κ2) is 5.26. The van der Waals surface area contributed by atoms with Crippen LogP contribution in [0.5, 0.6) is 0 Å². The Bertz CT molecular complexity index is 537. The number of nitrogens with one attached hydrogen (secondary N) is 1. The zero-order valence-electron chi connectivity index (χ0n) is 12.6. The van der Waals surface area contributed by atoms with E-state index in [0.29, 0.717) is 13.0 Å². The summed E-state index contributed by atoms with van der Waals surface area (Å²) in [6.45, 7) is 6.27. The van der Waals surface area contributed by atoms with Gasteiger partial charge in [-0.2, -0.15) is 5.10 Å². The summed E-state index contributed by atoms with van der Waals surface area (Å²) in [6.07, 6.45) is 1.44. The lowest BCUT2D eigenvalue weighted by Gasteiger charge is -2.42. The second-order valence-corrected chi connectivity index (χ2v) is 5.39. The molecule has 0 saturated carbocycles. The number of hydrogen-bond acceptors (Lipinski definition) is 3. The SMILES string of the molecule is CCc1cc(CN2C(=O)CNC(=O)C2(C)CC)n(C)n1. The molecule has 20 heavy (non-hydrogen) atoms. The van der Waals surface area contributed by atoms with E-state index in [9.17, 15) is 9.59 Å². The van der Waals surface area contributed by atoms with Crippen molar-refractivity contribution in [2.24, 2.45) is 7.05 Å². The highest BCUT2D eigenvalue weighted by molar-refractivity contribution is 5.97. The summed E-state index contributed by atoms with van der Waals surface area (Å²) in [6, 6.07) is 2.00. The van der Waals surface area contributed by atoms with Crippen LogP contribution in [0.3, 0.4) is 0 Å². The Morgan fingerprint density at radius 1 is 1.40 bits per heavy atom. The largest absolute Gasteiger partial charge is 0.345 e. The number of aryl methyl sites for hydroxylation is 2. The van der Waals surface area contributed by atoms with E-state index in [1.807, 2.05) is 33.9 Å². The van der Waals surface area contributed by atoms with Crippen molar-refractivity contribution in [3.05, 3.63) is 17.5 Å². The third kappa shape index (κ3) is 2.30. The average Bonchev–Trinajstić information content (AvgIpc) is 2.80. The van der Waals surface area contributed by atoms with Gasteiger partial charge >= 0.3 is 0 Å². The van der Waals surface area contributed by atoms with Gasteiger partial charge in [-0.05, 0) is 25.8 Å². The van der Waals surface area contributed by atoms with Crippen molar-refractivity contribution in [3.63, 3.8) is 0 Å². The standard InChI is InChI=1S/C14H22N4O2/c1-5-10-7-11(17(4)16-10)9-18-12(19)8-15-13(20)14(18,3)6-2/h7H,5-6,8-9H2,1-4H3,(H,15,20). The second-order valence-electron chi connectivity index (χ2n) is 5.39. The van der Waals surface area contributed by atoms with E-state index in [-0.39, 0.29) is 18.4 Å². The molecule has 1 unspecified atom stereocenters. The fourth-order valence-electron chi connectivity index (χ4n) is 2.51. The predicted molar refractivity (Wildman–Crippen MR) is 74.8 cm³/mol. The molecule has 0 aliphatic carbocycles. The number of carbonyl (C=O) groups is 2. The highest BCUT2D eigenvalue weighted by Crippen LogP contribution is 2.25. The monoisotopic (exact) mass is 278 g/mol. The van der Waals surface area contributed by atoms with Crippen molar-refractivity contribution in [2.45, 2.75) is 45.7 Å². The van der Waals surface area contributed by atoms with E-state index in [2.05, 4.69) is 10.4 Å². The number of hydrogen-bond donors (Lipinski definition) is 1. The molecule has 2 amide bonds. The van der Waals surface area contributed by atoms with Gasteiger partial charge in [-0.1, -0.05) is 13.8 Å². The van der Waals surface area contributed by atoms with Gasteiger partial charge in [0.1, 0.15) is 5.54 Å². The van der Waals surface area contributed by atoms with Crippen molar-refractivity contribution in [1.82, 2.24) is 20.0 Å². The summed E-state index contributed by atoms with van der Waals surface area (Å²) >= 11 is 0. The lowest BCUT2D eigenvalue weighted by atomic mass is 9.92. The van der Waals surface area contributed by atoms with Crippen LogP contribution in [0.25, 0.3) is 0 Å². The molecule has 0 aromatic carbocycles. The maximum absolute atomic E-state index is 12.2. The van der Waals surface area contributed by atoms with Crippen LogP contribution in [0.4, 0.5) is 0 Å². The molecule has 2 heterocycles. The Balaban J connectivity index is 2.30. The molecule has 1 saturated heterocycles. The van der Waals surface area contributed by atoms with Crippen LogP contribution in [0.1, 0.15) is 38.6 Å². The van der Waals surface area contributed by atoms with E-state index in [4.69, 9.17) is 0 Å². The number of nitrogens with zero attached hydrogens (tertiary/aromatic N) is 3. The third-order valence-electron chi connectivity index (χ3n) is 4.18. The Kier molecular flexibility index (Phi) is 3.83. The molecule has 1 N–H and O–H groups in total. The molecular weight excluding hydrogens is 256 g/mol. The number of rotatable bonds is 4. The first-order valence-corrected chi connectivity index (χ1v) is 7.03. The van der Waals surface area contributed by atoms with Crippen molar-refractivity contribution in [2.75, 3.05) is 6.54 Å². The van der Waals surface area contributed by atoms with E-state index < -0.39 is 5.54 Å². The van der Waals surface area contributed by atoms with Crippen LogP contribution >= 0.6 is 0 Å². The summed E-state index contributed by atoms with van der Waals surface area (Å²) in [5.41, 5.74) is 1.16. The van der Waals surface area contributed by atoms with Crippen LogP contribution in [0.2, 0.25) is 0 Å². The maximum Gasteiger partial charge on any atom is 0.246 e. The zero-order valence-corrected chi connectivity index (χ0v) is 12.6. The van der Waals surface area contributed by atoms with Crippen molar-refractivity contribution >= 4 is 11.8 Å². The summed E-state index contributed by atoms with van der Waals surface area (Å²) in [5.74, 6) is -0.134. The molecule has 6 nitrogen and oxygen atoms in total. The molecule has 1 aromatic heterocycles. The van der Waals surface area contributed by atoms with Crippen LogP contribution in [0, 0.1) is 0 Å².